The van der Waals surface area contributed by atoms with Crippen LogP contribution in [-0.2, 0) is 6.42 Å². The Hall–Kier alpha value is -2.14. The van der Waals surface area contributed by atoms with Crippen LogP contribution >= 0.6 is 15.9 Å². The Bertz CT molecular complexity index is 775. The fourth-order valence-corrected chi connectivity index (χ4v) is 2.62. The van der Waals surface area contributed by atoms with Gasteiger partial charge in [-0.2, -0.15) is 0 Å². The Morgan fingerprint density at radius 1 is 1.05 bits per heavy atom. The summed E-state index contributed by atoms with van der Waals surface area (Å²) in [6.07, 6.45) is 6.10. The highest BCUT2D eigenvalue weighted by atomic mass is 79.9. The predicted molar refractivity (Wildman–Crippen MR) is 89.4 cm³/mol. The van der Waals surface area contributed by atoms with E-state index in [1.165, 1.54) is 5.56 Å². The molecule has 0 N–H and O–H groups in total. The van der Waals surface area contributed by atoms with Crippen LogP contribution in [0.15, 0.2) is 53.4 Å². The van der Waals surface area contributed by atoms with Crippen LogP contribution in [0.5, 0.6) is 11.6 Å². The van der Waals surface area contributed by atoms with Gasteiger partial charge in [0.05, 0.1) is 13.7 Å². The lowest BCUT2D eigenvalue weighted by Gasteiger charge is -2.09. The first-order valence-electron chi connectivity index (χ1n) is 6.92. The minimum absolute atomic E-state index is 0.568. The number of hydrogen-bond acceptors (Lipinski definition) is 4. The van der Waals surface area contributed by atoms with Gasteiger partial charge < -0.3 is 9.47 Å². The van der Waals surface area contributed by atoms with Gasteiger partial charge in [0.2, 0.25) is 5.88 Å². The Balaban J connectivity index is 1.70. The molecule has 0 atom stereocenters. The number of aromatic nitrogens is 2. The average molecular weight is 359 g/mol. The summed E-state index contributed by atoms with van der Waals surface area (Å²) in [6, 6.07) is 9.90. The maximum absolute atomic E-state index is 5.84. The number of hydrogen-bond donors (Lipinski definition) is 0. The van der Waals surface area contributed by atoms with Gasteiger partial charge >= 0.3 is 0 Å². The summed E-state index contributed by atoms with van der Waals surface area (Å²) >= 11 is 3.48. The standard InChI is InChI=1S/C17H15BrN2O2/c1-21-13-4-2-12(3-5-13)7-9-22-17-14-6-8-19-10-15(14)16(18)11-20-17/h2-6,8,10-11H,7,9H2,1H3. The van der Waals surface area contributed by atoms with Crippen molar-refractivity contribution >= 4 is 26.7 Å². The molecule has 4 nitrogen and oxygen atoms in total. The van der Waals surface area contributed by atoms with E-state index in [4.69, 9.17) is 9.47 Å². The zero-order chi connectivity index (χ0) is 15.4. The lowest BCUT2D eigenvalue weighted by atomic mass is 10.1. The molecule has 0 unspecified atom stereocenters. The van der Waals surface area contributed by atoms with Crippen molar-refractivity contribution in [1.82, 2.24) is 9.97 Å². The van der Waals surface area contributed by atoms with Crippen molar-refractivity contribution in [3.8, 4) is 11.6 Å². The molecule has 1 aromatic carbocycles. The molecule has 0 fully saturated rings. The molecule has 0 saturated carbocycles. The van der Waals surface area contributed by atoms with Gasteiger partial charge in [-0.15, -0.1) is 0 Å². The first-order chi connectivity index (χ1) is 10.8. The molecule has 0 amide bonds. The summed E-state index contributed by atoms with van der Waals surface area (Å²) in [5.41, 5.74) is 1.20. The highest BCUT2D eigenvalue weighted by Crippen LogP contribution is 2.28. The number of methoxy groups -OCH3 is 1. The molecule has 0 aliphatic rings. The second-order valence-corrected chi connectivity index (χ2v) is 5.63. The highest BCUT2D eigenvalue weighted by Gasteiger charge is 2.07. The number of halogens is 1. The van der Waals surface area contributed by atoms with Crippen LogP contribution in [0.25, 0.3) is 10.8 Å². The van der Waals surface area contributed by atoms with E-state index in [9.17, 15) is 0 Å². The zero-order valence-corrected chi connectivity index (χ0v) is 13.7. The molecular weight excluding hydrogens is 344 g/mol. The largest absolute Gasteiger partial charge is 0.497 e. The molecule has 5 heteroatoms. The van der Waals surface area contributed by atoms with Crippen molar-refractivity contribution in [3.05, 3.63) is 59.0 Å². The van der Waals surface area contributed by atoms with Crippen LogP contribution in [0.3, 0.4) is 0 Å². The molecule has 0 aliphatic heterocycles. The highest BCUT2D eigenvalue weighted by molar-refractivity contribution is 9.10. The zero-order valence-electron chi connectivity index (χ0n) is 12.1. The van der Waals surface area contributed by atoms with Crippen molar-refractivity contribution in [2.24, 2.45) is 0 Å². The minimum atomic E-state index is 0.568. The van der Waals surface area contributed by atoms with Crippen LogP contribution in [0, 0.1) is 0 Å². The van der Waals surface area contributed by atoms with Gasteiger partial charge in [0, 0.05) is 40.3 Å². The third-order valence-electron chi connectivity index (χ3n) is 3.39. The molecule has 0 saturated heterocycles. The topological polar surface area (TPSA) is 44.2 Å². The Morgan fingerprint density at radius 2 is 1.86 bits per heavy atom. The van der Waals surface area contributed by atoms with Crippen molar-refractivity contribution in [2.45, 2.75) is 6.42 Å². The van der Waals surface area contributed by atoms with Gasteiger partial charge in [-0.1, -0.05) is 12.1 Å². The van der Waals surface area contributed by atoms with Crippen molar-refractivity contribution in [2.75, 3.05) is 13.7 Å². The SMILES string of the molecule is COc1ccc(CCOc2ncc(Br)c3cnccc23)cc1. The number of fused-ring (bicyclic) bond motifs is 1. The van der Waals surface area contributed by atoms with E-state index < -0.39 is 0 Å². The Kier molecular flexibility index (Phi) is 4.53. The second-order valence-electron chi connectivity index (χ2n) is 4.78. The molecule has 22 heavy (non-hydrogen) atoms. The van der Waals surface area contributed by atoms with Crippen molar-refractivity contribution in [3.63, 3.8) is 0 Å². The maximum atomic E-state index is 5.84. The first-order valence-corrected chi connectivity index (χ1v) is 7.71. The molecule has 3 aromatic rings. The smallest absolute Gasteiger partial charge is 0.221 e. The molecule has 3 rings (SSSR count). The quantitative estimate of drug-likeness (QED) is 0.690. The van der Waals surface area contributed by atoms with E-state index in [-0.39, 0.29) is 0 Å². The number of ether oxygens (including phenoxy) is 2. The second kappa shape index (κ2) is 6.75. The Labute approximate surface area is 137 Å². The summed E-state index contributed by atoms with van der Waals surface area (Å²) in [6.45, 7) is 0.568. The fraction of sp³-hybridized carbons (Fsp3) is 0.176. The molecule has 112 valence electrons. The molecular formula is C17H15BrN2O2. The van der Waals surface area contributed by atoms with Crippen molar-refractivity contribution < 1.29 is 9.47 Å². The van der Waals surface area contributed by atoms with Gasteiger partial charge in [0.1, 0.15) is 5.75 Å². The summed E-state index contributed by atoms with van der Waals surface area (Å²) in [5, 5.41) is 1.95. The van der Waals surface area contributed by atoms with Crippen LogP contribution in [-0.4, -0.2) is 23.7 Å². The number of benzene rings is 1. The molecule has 0 spiro atoms. The minimum Gasteiger partial charge on any atom is -0.497 e. The maximum Gasteiger partial charge on any atom is 0.221 e. The molecule has 0 bridgehead atoms. The molecule has 2 heterocycles. The van der Waals surface area contributed by atoms with E-state index in [2.05, 4.69) is 25.9 Å². The van der Waals surface area contributed by atoms with E-state index in [1.807, 2.05) is 30.3 Å². The summed E-state index contributed by atoms with van der Waals surface area (Å²) in [4.78, 5) is 8.48. The normalized spacial score (nSPS) is 10.6. The molecule has 0 radical (unpaired) electrons. The molecule has 2 aromatic heterocycles. The third-order valence-corrected chi connectivity index (χ3v) is 4.02. The van der Waals surface area contributed by atoms with Crippen molar-refractivity contribution in [1.29, 1.82) is 0 Å². The average Bonchev–Trinajstić information content (AvgIpc) is 2.58. The molecule has 0 aliphatic carbocycles. The van der Waals surface area contributed by atoms with Crippen LogP contribution in [0.4, 0.5) is 0 Å². The van der Waals surface area contributed by atoms with Gasteiger partial charge in [0.15, 0.2) is 0 Å². The number of rotatable bonds is 5. The van der Waals surface area contributed by atoms with Crippen LogP contribution < -0.4 is 9.47 Å². The lowest BCUT2D eigenvalue weighted by molar-refractivity contribution is 0.313. The van der Waals surface area contributed by atoms with E-state index in [1.54, 1.807) is 25.7 Å². The van der Waals surface area contributed by atoms with E-state index >= 15 is 0 Å². The van der Waals surface area contributed by atoms with Gasteiger partial charge in [0.25, 0.3) is 0 Å². The predicted octanol–water partition coefficient (Wildman–Crippen LogP) is 4.02. The number of nitrogens with zero attached hydrogens (tertiary/aromatic N) is 2. The number of pyridine rings is 2. The van der Waals surface area contributed by atoms with Crippen LogP contribution in [0.2, 0.25) is 0 Å². The van der Waals surface area contributed by atoms with Gasteiger partial charge in [-0.3, -0.25) is 4.98 Å². The third kappa shape index (κ3) is 3.20. The van der Waals surface area contributed by atoms with Crippen LogP contribution in [0.1, 0.15) is 5.56 Å². The van der Waals surface area contributed by atoms with E-state index in [0.717, 1.165) is 27.4 Å². The fourth-order valence-electron chi connectivity index (χ4n) is 2.20. The summed E-state index contributed by atoms with van der Waals surface area (Å²) < 4.78 is 11.9. The summed E-state index contributed by atoms with van der Waals surface area (Å²) in [5.74, 6) is 1.49. The monoisotopic (exact) mass is 358 g/mol. The lowest BCUT2D eigenvalue weighted by Crippen LogP contribution is -2.03. The first kappa shape index (κ1) is 14.8. The Morgan fingerprint density at radius 3 is 2.64 bits per heavy atom. The van der Waals surface area contributed by atoms with Gasteiger partial charge in [-0.05, 0) is 39.7 Å². The van der Waals surface area contributed by atoms with Gasteiger partial charge in [-0.25, -0.2) is 4.98 Å². The summed E-state index contributed by atoms with van der Waals surface area (Å²) in [7, 11) is 1.66. The van der Waals surface area contributed by atoms with E-state index in [0.29, 0.717) is 12.5 Å².